The quantitative estimate of drug-likeness (QED) is 0.813. The first-order valence-corrected chi connectivity index (χ1v) is 5.80. The van der Waals surface area contributed by atoms with Gasteiger partial charge in [0.15, 0.2) is 0 Å². The minimum Gasteiger partial charge on any atom is -0.397 e. The van der Waals surface area contributed by atoms with Crippen LogP contribution in [0.5, 0.6) is 0 Å². The van der Waals surface area contributed by atoms with E-state index in [2.05, 4.69) is 28.9 Å². The molecule has 1 aliphatic rings. The van der Waals surface area contributed by atoms with Gasteiger partial charge in [-0.25, -0.2) is 4.98 Å². The van der Waals surface area contributed by atoms with Crippen LogP contribution in [0.1, 0.15) is 12.8 Å². The van der Waals surface area contributed by atoms with Crippen LogP contribution in [0, 0.1) is 0 Å². The highest BCUT2D eigenvalue weighted by molar-refractivity contribution is 5.45. The maximum atomic E-state index is 5.63. The molecule has 0 atom stereocenters. The average Bonchev–Trinajstić information content (AvgIpc) is 2.30. The molecule has 4 nitrogen and oxygen atoms in total. The van der Waals surface area contributed by atoms with E-state index in [1.165, 1.54) is 12.8 Å². The first-order chi connectivity index (χ1) is 7.66. The van der Waals surface area contributed by atoms with Crippen molar-refractivity contribution in [2.75, 3.05) is 37.8 Å². The molecule has 4 heteroatoms. The van der Waals surface area contributed by atoms with E-state index >= 15 is 0 Å². The van der Waals surface area contributed by atoms with E-state index in [1.807, 2.05) is 12.1 Å². The van der Waals surface area contributed by atoms with Gasteiger partial charge < -0.3 is 15.5 Å². The molecule has 2 heterocycles. The van der Waals surface area contributed by atoms with E-state index in [0.29, 0.717) is 6.04 Å². The van der Waals surface area contributed by atoms with Crippen molar-refractivity contribution in [2.45, 2.75) is 18.9 Å². The molecule has 0 aromatic carbocycles. The van der Waals surface area contributed by atoms with Crippen LogP contribution in [0.4, 0.5) is 11.5 Å². The number of rotatable bonds is 2. The Labute approximate surface area is 97.1 Å². The largest absolute Gasteiger partial charge is 0.397 e. The summed E-state index contributed by atoms with van der Waals surface area (Å²) < 4.78 is 0. The molecular weight excluding hydrogens is 200 g/mol. The topological polar surface area (TPSA) is 45.4 Å². The molecular formula is C12H20N4. The molecule has 0 spiro atoms. The number of pyridine rings is 1. The molecule has 0 amide bonds. The van der Waals surface area contributed by atoms with Crippen molar-refractivity contribution < 1.29 is 0 Å². The number of aromatic nitrogens is 1. The maximum Gasteiger partial charge on any atom is 0.128 e. The molecule has 1 aromatic heterocycles. The van der Waals surface area contributed by atoms with Gasteiger partial charge in [-0.2, -0.15) is 0 Å². The summed E-state index contributed by atoms with van der Waals surface area (Å²) >= 11 is 0. The van der Waals surface area contributed by atoms with E-state index in [9.17, 15) is 0 Å². The zero-order valence-electron chi connectivity index (χ0n) is 10.1. The van der Waals surface area contributed by atoms with E-state index in [1.54, 1.807) is 6.20 Å². The lowest BCUT2D eigenvalue weighted by Gasteiger charge is -2.35. The van der Waals surface area contributed by atoms with Crippen LogP contribution in [0.25, 0.3) is 0 Å². The van der Waals surface area contributed by atoms with Gasteiger partial charge in [0.05, 0.1) is 11.9 Å². The highest BCUT2D eigenvalue weighted by Crippen LogP contribution is 2.20. The van der Waals surface area contributed by atoms with Crippen molar-refractivity contribution in [1.29, 1.82) is 0 Å². The number of hydrogen-bond donors (Lipinski definition) is 1. The molecule has 1 fully saturated rings. The van der Waals surface area contributed by atoms with Crippen molar-refractivity contribution in [3.63, 3.8) is 0 Å². The second kappa shape index (κ2) is 4.70. The third-order valence-corrected chi connectivity index (χ3v) is 3.29. The Kier molecular flexibility index (Phi) is 3.29. The molecule has 0 unspecified atom stereocenters. The van der Waals surface area contributed by atoms with Gasteiger partial charge in [0.2, 0.25) is 0 Å². The molecule has 0 bridgehead atoms. The third kappa shape index (κ3) is 2.44. The number of piperidine rings is 1. The number of anilines is 2. The van der Waals surface area contributed by atoms with E-state index in [-0.39, 0.29) is 0 Å². The van der Waals surface area contributed by atoms with Gasteiger partial charge >= 0.3 is 0 Å². The Morgan fingerprint density at radius 1 is 1.31 bits per heavy atom. The van der Waals surface area contributed by atoms with Crippen molar-refractivity contribution >= 4 is 11.5 Å². The van der Waals surface area contributed by atoms with Crippen molar-refractivity contribution in [3.8, 4) is 0 Å². The first-order valence-electron chi connectivity index (χ1n) is 5.80. The molecule has 1 aromatic rings. The van der Waals surface area contributed by atoms with E-state index in [0.717, 1.165) is 24.6 Å². The normalized spacial score (nSPS) is 18.1. The number of nitrogens with two attached hydrogens (primary N) is 1. The summed E-state index contributed by atoms with van der Waals surface area (Å²) in [6, 6.07) is 4.64. The maximum absolute atomic E-state index is 5.63. The van der Waals surface area contributed by atoms with E-state index < -0.39 is 0 Å². The summed E-state index contributed by atoms with van der Waals surface area (Å²) in [5.74, 6) is 1.05. The lowest BCUT2D eigenvalue weighted by molar-refractivity contribution is 0.249. The fourth-order valence-corrected chi connectivity index (χ4v) is 2.20. The van der Waals surface area contributed by atoms with Crippen LogP contribution in [-0.4, -0.2) is 43.1 Å². The fourth-order valence-electron chi connectivity index (χ4n) is 2.20. The van der Waals surface area contributed by atoms with Gasteiger partial charge in [-0.15, -0.1) is 0 Å². The third-order valence-electron chi connectivity index (χ3n) is 3.29. The predicted molar refractivity (Wildman–Crippen MR) is 67.6 cm³/mol. The van der Waals surface area contributed by atoms with Crippen LogP contribution < -0.4 is 10.6 Å². The Hall–Kier alpha value is -1.29. The lowest BCUT2D eigenvalue weighted by Crippen LogP contribution is -2.42. The Bertz CT molecular complexity index is 325. The standard InChI is InChI=1S/C12H20N4/c1-15(2)11-5-7-16(8-6-11)12-4-3-10(13)9-14-12/h3-4,9,11H,5-8,13H2,1-2H3. The zero-order valence-corrected chi connectivity index (χ0v) is 10.1. The fraction of sp³-hybridized carbons (Fsp3) is 0.583. The molecule has 0 saturated carbocycles. The van der Waals surface area contributed by atoms with Crippen LogP contribution in [0.15, 0.2) is 18.3 Å². The van der Waals surface area contributed by atoms with Gasteiger partial charge in [-0.05, 0) is 39.1 Å². The summed E-state index contributed by atoms with van der Waals surface area (Å²) in [4.78, 5) is 9.01. The number of nitrogens with zero attached hydrogens (tertiary/aromatic N) is 3. The van der Waals surface area contributed by atoms with Gasteiger partial charge in [0, 0.05) is 19.1 Å². The highest BCUT2D eigenvalue weighted by Gasteiger charge is 2.20. The van der Waals surface area contributed by atoms with Crippen molar-refractivity contribution in [1.82, 2.24) is 9.88 Å². The van der Waals surface area contributed by atoms with Gasteiger partial charge in [0.1, 0.15) is 5.82 Å². The SMILES string of the molecule is CN(C)C1CCN(c2ccc(N)cn2)CC1. The summed E-state index contributed by atoms with van der Waals surface area (Å²) in [7, 11) is 4.31. The zero-order chi connectivity index (χ0) is 11.5. The molecule has 0 aliphatic carbocycles. The molecule has 2 N–H and O–H groups in total. The molecule has 1 saturated heterocycles. The minimum atomic E-state index is 0.713. The second-order valence-corrected chi connectivity index (χ2v) is 4.63. The van der Waals surface area contributed by atoms with Crippen LogP contribution >= 0.6 is 0 Å². The molecule has 88 valence electrons. The van der Waals surface area contributed by atoms with Gasteiger partial charge in [0.25, 0.3) is 0 Å². The summed E-state index contributed by atoms with van der Waals surface area (Å²) in [6.07, 6.45) is 4.14. The summed E-state index contributed by atoms with van der Waals surface area (Å²) in [5, 5.41) is 0. The van der Waals surface area contributed by atoms with Crippen LogP contribution in [-0.2, 0) is 0 Å². The van der Waals surface area contributed by atoms with Gasteiger partial charge in [-0.1, -0.05) is 0 Å². The Morgan fingerprint density at radius 2 is 2.00 bits per heavy atom. The Morgan fingerprint density at radius 3 is 2.50 bits per heavy atom. The lowest BCUT2D eigenvalue weighted by atomic mass is 10.0. The predicted octanol–water partition coefficient (Wildman–Crippen LogP) is 1.19. The van der Waals surface area contributed by atoms with Gasteiger partial charge in [-0.3, -0.25) is 0 Å². The summed E-state index contributed by atoms with van der Waals surface area (Å²) in [6.45, 7) is 2.17. The van der Waals surface area contributed by atoms with E-state index in [4.69, 9.17) is 5.73 Å². The molecule has 0 radical (unpaired) electrons. The van der Waals surface area contributed by atoms with Crippen LogP contribution in [0.3, 0.4) is 0 Å². The summed E-state index contributed by atoms with van der Waals surface area (Å²) in [5.41, 5.74) is 6.36. The molecule has 1 aliphatic heterocycles. The number of nitrogen functional groups attached to an aromatic ring is 1. The molecule has 16 heavy (non-hydrogen) atoms. The molecule has 2 rings (SSSR count). The van der Waals surface area contributed by atoms with Crippen molar-refractivity contribution in [3.05, 3.63) is 18.3 Å². The Balaban J connectivity index is 1.96. The second-order valence-electron chi connectivity index (χ2n) is 4.63. The minimum absolute atomic E-state index is 0.713. The van der Waals surface area contributed by atoms with Crippen molar-refractivity contribution in [2.24, 2.45) is 0 Å². The smallest absolute Gasteiger partial charge is 0.128 e. The highest BCUT2D eigenvalue weighted by atomic mass is 15.2. The number of hydrogen-bond acceptors (Lipinski definition) is 4. The average molecular weight is 220 g/mol. The monoisotopic (exact) mass is 220 g/mol. The van der Waals surface area contributed by atoms with Crippen LogP contribution in [0.2, 0.25) is 0 Å². The first kappa shape index (κ1) is 11.2.